The number of nitrogens with one attached hydrogen (secondary N) is 2. The molecule has 2 N–H and O–H groups in total. The first-order valence-electron chi connectivity index (χ1n) is 10.9. The standard InChI is InChI=1S/C24H23N5O2/c1-25-24(31)20-11-26-22(27-23(30)13-2-3-13)19-9-16(8-18(19)20)14-4-5-15-12-29(17-6-7-17)28-21(15)10-14/h4-5,8,10-13,17H,2-3,6-7,9H2,1H3,(H,25,31)(H,26,27,30). The highest BCUT2D eigenvalue weighted by molar-refractivity contribution is 6.05. The van der Waals surface area contributed by atoms with E-state index in [0.29, 0.717) is 23.8 Å². The second-order valence-corrected chi connectivity index (χ2v) is 8.72. The van der Waals surface area contributed by atoms with Gasteiger partial charge < -0.3 is 10.6 Å². The molecule has 0 unspecified atom stereocenters. The Morgan fingerprint density at radius 1 is 1.16 bits per heavy atom. The number of aromatic nitrogens is 3. The van der Waals surface area contributed by atoms with Crippen LogP contribution in [0.4, 0.5) is 5.82 Å². The normalized spacial score (nSPS) is 17.4. The molecule has 1 aromatic carbocycles. The molecule has 6 rings (SSSR count). The van der Waals surface area contributed by atoms with Crippen molar-refractivity contribution >= 4 is 40.2 Å². The lowest BCUT2D eigenvalue weighted by Gasteiger charge is -2.12. The number of amides is 2. The fourth-order valence-electron chi connectivity index (χ4n) is 4.26. The van der Waals surface area contributed by atoms with Crippen LogP contribution in [-0.4, -0.2) is 33.6 Å². The monoisotopic (exact) mass is 413 g/mol. The fourth-order valence-corrected chi connectivity index (χ4v) is 4.26. The molecule has 0 saturated heterocycles. The number of pyridine rings is 1. The topological polar surface area (TPSA) is 88.9 Å². The fraction of sp³-hybridized carbons (Fsp3) is 0.333. The number of fused-ring (bicyclic) bond motifs is 2. The van der Waals surface area contributed by atoms with E-state index in [1.807, 2.05) is 6.08 Å². The number of benzene rings is 1. The van der Waals surface area contributed by atoms with Crippen LogP contribution >= 0.6 is 0 Å². The van der Waals surface area contributed by atoms with Crippen molar-refractivity contribution in [3.05, 3.63) is 52.8 Å². The van der Waals surface area contributed by atoms with E-state index in [0.717, 1.165) is 46.0 Å². The summed E-state index contributed by atoms with van der Waals surface area (Å²) in [6.45, 7) is 0. The maximum absolute atomic E-state index is 12.4. The quantitative estimate of drug-likeness (QED) is 0.669. The second-order valence-electron chi connectivity index (χ2n) is 8.72. The Morgan fingerprint density at radius 2 is 2.00 bits per heavy atom. The van der Waals surface area contributed by atoms with Crippen LogP contribution < -0.4 is 10.6 Å². The number of hydrogen-bond donors (Lipinski definition) is 2. The highest BCUT2D eigenvalue weighted by Gasteiger charge is 2.32. The molecule has 3 aromatic rings. The summed E-state index contributed by atoms with van der Waals surface area (Å²) in [6, 6.07) is 6.87. The maximum atomic E-state index is 12.4. The molecule has 7 nitrogen and oxygen atoms in total. The Labute approximate surface area is 179 Å². The van der Waals surface area contributed by atoms with Crippen LogP contribution in [0.3, 0.4) is 0 Å². The number of nitrogens with zero attached hydrogens (tertiary/aromatic N) is 3. The number of hydrogen-bond acceptors (Lipinski definition) is 4. The van der Waals surface area contributed by atoms with Gasteiger partial charge in [-0.3, -0.25) is 14.3 Å². The van der Waals surface area contributed by atoms with Crippen LogP contribution in [0.5, 0.6) is 0 Å². The van der Waals surface area contributed by atoms with E-state index in [4.69, 9.17) is 5.10 Å². The molecule has 0 atom stereocenters. The Balaban J connectivity index is 1.38. The molecule has 0 radical (unpaired) electrons. The first-order valence-corrected chi connectivity index (χ1v) is 10.9. The Kier molecular flexibility index (Phi) is 4.00. The third kappa shape index (κ3) is 3.21. The summed E-state index contributed by atoms with van der Waals surface area (Å²) in [5.74, 6) is 0.488. The Morgan fingerprint density at radius 3 is 2.74 bits per heavy atom. The number of anilines is 1. The summed E-state index contributed by atoms with van der Waals surface area (Å²) in [6.07, 6.45) is 10.6. The molecule has 2 amide bonds. The molecule has 2 aromatic heterocycles. The average Bonchev–Trinajstić information content (AvgIpc) is 3.71. The highest BCUT2D eigenvalue weighted by atomic mass is 16.2. The van der Waals surface area contributed by atoms with Gasteiger partial charge >= 0.3 is 0 Å². The predicted octanol–water partition coefficient (Wildman–Crippen LogP) is 3.57. The van der Waals surface area contributed by atoms with Crippen molar-refractivity contribution in [1.29, 1.82) is 0 Å². The van der Waals surface area contributed by atoms with Crippen molar-refractivity contribution in [1.82, 2.24) is 20.1 Å². The van der Waals surface area contributed by atoms with Crippen LogP contribution in [0.15, 0.2) is 30.6 Å². The molecule has 3 aliphatic carbocycles. The van der Waals surface area contributed by atoms with Gasteiger partial charge in [0.2, 0.25) is 5.91 Å². The van der Waals surface area contributed by atoms with Gasteiger partial charge in [0.1, 0.15) is 5.82 Å². The zero-order chi connectivity index (χ0) is 21.1. The minimum atomic E-state index is -0.181. The molecule has 0 aliphatic heterocycles. The molecule has 156 valence electrons. The third-order valence-corrected chi connectivity index (χ3v) is 6.39. The highest BCUT2D eigenvalue weighted by Crippen LogP contribution is 2.39. The second kappa shape index (κ2) is 6.77. The van der Waals surface area contributed by atoms with Gasteiger partial charge in [0.05, 0.1) is 17.1 Å². The minimum Gasteiger partial charge on any atom is -0.355 e. The van der Waals surface area contributed by atoms with Crippen molar-refractivity contribution in [2.24, 2.45) is 5.92 Å². The first kappa shape index (κ1) is 18.3. The molecular weight excluding hydrogens is 390 g/mol. The molecule has 0 bridgehead atoms. The molecule has 0 spiro atoms. The number of carbonyl (C=O) groups excluding carboxylic acids is 2. The average molecular weight is 413 g/mol. The van der Waals surface area contributed by atoms with Gasteiger partial charge in [0, 0.05) is 42.7 Å². The lowest BCUT2D eigenvalue weighted by molar-refractivity contribution is -0.117. The van der Waals surface area contributed by atoms with Gasteiger partial charge in [-0.2, -0.15) is 5.10 Å². The van der Waals surface area contributed by atoms with Gasteiger partial charge in [-0.1, -0.05) is 12.1 Å². The summed E-state index contributed by atoms with van der Waals surface area (Å²) in [4.78, 5) is 29.2. The van der Waals surface area contributed by atoms with Crippen molar-refractivity contribution in [3.8, 4) is 0 Å². The largest absolute Gasteiger partial charge is 0.355 e. The van der Waals surface area contributed by atoms with Crippen molar-refractivity contribution in [2.45, 2.75) is 38.1 Å². The van der Waals surface area contributed by atoms with E-state index < -0.39 is 0 Å². The molecule has 2 fully saturated rings. The van der Waals surface area contributed by atoms with Crippen molar-refractivity contribution in [3.63, 3.8) is 0 Å². The van der Waals surface area contributed by atoms with Crippen LogP contribution in [0.1, 0.15) is 58.8 Å². The number of carbonyl (C=O) groups is 2. The molecule has 31 heavy (non-hydrogen) atoms. The van der Waals surface area contributed by atoms with Gasteiger partial charge in [-0.25, -0.2) is 4.98 Å². The predicted molar refractivity (Wildman–Crippen MR) is 119 cm³/mol. The van der Waals surface area contributed by atoms with Crippen LogP contribution in [-0.2, 0) is 11.2 Å². The van der Waals surface area contributed by atoms with Crippen molar-refractivity contribution in [2.75, 3.05) is 12.4 Å². The Bertz CT molecular complexity index is 1280. The lowest BCUT2D eigenvalue weighted by Crippen LogP contribution is -2.21. The first-order chi connectivity index (χ1) is 15.1. The minimum absolute atomic E-state index is 0.0166. The summed E-state index contributed by atoms with van der Waals surface area (Å²) < 4.78 is 2.07. The summed E-state index contributed by atoms with van der Waals surface area (Å²) >= 11 is 0. The molecule has 2 heterocycles. The molecule has 7 heteroatoms. The van der Waals surface area contributed by atoms with Gasteiger partial charge in [-0.05, 0) is 54.5 Å². The smallest absolute Gasteiger partial charge is 0.253 e. The van der Waals surface area contributed by atoms with Gasteiger partial charge in [0.25, 0.3) is 5.91 Å². The van der Waals surface area contributed by atoms with E-state index in [9.17, 15) is 9.59 Å². The summed E-state index contributed by atoms with van der Waals surface area (Å²) in [5, 5.41) is 11.6. The van der Waals surface area contributed by atoms with Gasteiger partial charge in [0.15, 0.2) is 0 Å². The van der Waals surface area contributed by atoms with Crippen LogP contribution in [0.25, 0.3) is 22.6 Å². The molecule has 3 aliphatic rings. The van der Waals surface area contributed by atoms with Crippen molar-refractivity contribution < 1.29 is 9.59 Å². The van der Waals surface area contributed by atoms with Crippen LogP contribution in [0.2, 0.25) is 0 Å². The van der Waals surface area contributed by atoms with Crippen LogP contribution in [0, 0.1) is 5.92 Å². The summed E-state index contributed by atoms with van der Waals surface area (Å²) in [5.41, 5.74) is 5.40. The SMILES string of the molecule is CNC(=O)c1cnc(NC(=O)C2CC2)c2c1C=C(c1ccc3cn(C4CC4)nc3c1)C2. The van der Waals surface area contributed by atoms with E-state index >= 15 is 0 Å². The van der Waals surface area contributed by atoms with E-state index in [-0.39, 0.29) is 17.7 Å². The molecule has 2 saturated carbocycles. The maximum Gasteiger partial charge on any atom is 0.253 e. The summed E-state index contributed by atoms with van der Waals surface area (Å²) in [7, 11) is 1.61. The number of allylic oxidation sites excluding steroid dienone is 1. The number of rotatable bonds is 5. The van der Waals surface area contributed by atoms with E-state index in [2.05, 4.69) is 44.7 Å². The zero-order valence-corrected chi connectivity index (χ0v) is 17.3. The lowest BCUT2D eigenvalue weighted by atomic mass is 10.0. The zero-order valence-electron chi connectivity index (χ0n) is 17.3. The third-order valence-electron chi connectivity index (χ3n) is 6.39. The van der Waals surface area contributed by atoms with E-state index in [1.54, 1.807) is 13.2 Å². The Hall–Kier alpha value is -3.48. The van der Waals surface area contributed by atoms with E-state index in [1.165, 1.54) is 12.8 Å². The van der Waals surface area contributed by atoms with Gasteiger partial charge in [-0.15, -0.1) is 0 Å². The molecular formula is C24H23N5O2.